The minimum atomic E-state index is 0.582. The summed E-state index contributed by atoms with van der Waals surface area (Å²) in [6, 6.07) is 7.91. The zero-order valence-corrected chi connectivity index (χ0v) is 11.8. The van der Waals surface area contributed by atoms with Crippen LogP contribution < -0.4 is 0 Å². The molecule has 4 heteroatoms. The first-order chi connectivity index (χ1) is 8.65. The van der Waals surface area contributed by atoms with E-state index in [0.717, 1.165) is 29.2 Å². The summed E-state index contributed by atoms with van der Waals surface area (Å²) >= 11 is 1.77. The molecule has 3 nitrogen and oxygen atoms in total. The molecule has 0 aliphatic rings. The first-order valence-electron chi connectivity index (χ1n) is 6.04. The topological polar surface area (TPSA) is 41.6 Å². The van der Waals surface area contributed by atoms with E-state index in [4.69, 9.17) is 5.26 Å². The van der Waals surface area contributed by atoms with Gasteiger partial charge in [0.2, 0.25) is 0 Å². The molecule has 0 atom stereocenters. The Morgan fingerprint density at radius 1 is 1.44 bits per heavy atom. The average Bonchev–Trinajstić information content (AvgIpc) is 2.66. The molecule has 0 bridgehead atoms. The van der Waals surface area contributed by atoms with Crippen LogP contribution in [0.1, 0.15) is 25.2 Å². The summed E-state index contributed by atoms with van der Waals surface area (Å²) in [5.74, 6) is 2.59. The van der Waals surface area contributed by atoms with Crippen molar-refractivity contribution in [2.24, 2.45) is 5.92 Å². The lowest BCUT2D eigenvalue weighted by Gasteiger charge is -2.11. The lowest BCUT2D eigenvalue weighted by molar-refractivity contribution is 0.523. The standard InChI is InChI=1S/C14H17N3S/c1-10(2)8-17-13-5-4-11(7-15)6-12(13)16-14(17)9-18-3/h4-6,10H,8-9H2,1-3H3. The summed E-state index contributed by atoms with van der Waals surface area (Å²) in [5.41, 5.74) is 2.73. The van der Waals surface area contributed by atoms with Gasteiger partial charge in [-0.3, -0.25) is 0 Å². The summed E-state index contributed by atoms with van der Waals surface area (Å²) in [6.45, 7) is 5.38. The van der Waals surface area contributed by atoms with Crippen LogP contribution in [0.2, 0.25) is 0 Å². The second kappa shape index (κ2) is 5.45. The van der Waals surface area contributed by atoms with Crippen molar-refractivity contribution in [3.05, 3.63) is 29.6 Å². The third kappa shape index (κ3) is 2.51. The first kappa shape index (κ1) is 13.0. The molecule has 2 aromatic rings. The van der Waals surface area contributed by atoms with Gasteiger partial charge in [-0.05, 0) is 30.4 Å². The van der Waals surface area contributed by atoms with Crippen LogP contribution in [-0.4, -0.2) is 15.8 Å². The predicted molar refractivity (Wildman–Crippen MR) is 76.5 cm³/mol. The fourth-order valence-corrected chi connectivity index (χ4v) is 2.54. The fourth-order valence-electron chi connectivity index (χ4n) is 2.06. The number of nitrogens with zero attached hydrogens (tertiary/aromatic N) is 3. The number of fused-ring (bicyclic) bond motifs is 1. The van der Waals surface area contributed by atoms with Crippen LogP contribution in [-0.2, 0) is 12.3 Å². The fraction of sp³-hybridized carbons (Fsp3) is 0.429. The van der Waals surface area contributed by atoms with Crippen molar-refractivity contribution in [1.82, 2.24) is 9.55 Å². The van der Waals surface area contributed by atoms with Gasteiger partial charge in [0.15, 0.2) is 0 Å². The van der Waals surface area contributed by atoms with Gasteiger partial charge in [0.25, 0.3) is 0 Å². The highest BCUT2D eigenvalue weighted by atomic mass is 32.2. The zero-order valence-electron chi connectivity index (χ0n) is 11.0. The van der Waals surface area contributed by atoms with Gasteiger partial charge in [-0.15, -0.1) is 0 Å². The van der Waals surface area contributed by atoms with E-state index >= 15 is 0 Å². The van der Waals surface area contributed by atoms with E-state index in [-0.39, 0.29) is 0 Å². The number of hydrogen-bond donors (Lipinski definition) is 0. The van der Waals surface area contributed by atoms with Gasteiger partial charge in [0.1, 0.15) is 5.82 Å². The maximum Gasteiger partial charge on any atom is 0.119 e. The largest absolute Gasteiger partial charge is 0.327 e. The molecular weight excluding hydrogens is 242 g/mol. The Bertz CT molecular complexity index is 593. The molecule has 0 radical (unpaired) electrons. The quantitative estimate of drug-likeness (QED) is 0.844. The van der Waals surface area contributed by atoms with E-state index < -0.39 is 0 Å². The SMILES string of the molecule is CSCc1nc2cc(C#N)ccc2n1CC(C)C. The Hall–Kier alpha value is -1.47. The maximum atomic E-state index is 8.93. The number of nitriles is 1. The van der Waals surface area contributed by atoms with Gasteiger partial charge in [-0.1, -0.05) is 13.8 Å². The van der Waals surface area contributed by atoms with Gasteiger partial charge in [-0.2, -0.15) is 17.0 Å². The Morgan fingerprint density at radius 2 is 2.22 bits per heavy atom. The molecule has 0 N–H and O–H groups in total. The van der Waals surface area contributed by atoms with Gasteiger partial charge in [0, 0.05) is 6.54 Å². The Kier molecular flexibility index (Phi) is 3.93. The van der Waals surface area contributed by atoms with Crippen molar-refractivity contribution in [3.63, 3.8) is 0 Å². The van der Waals surface area contributed by atoms with Gasteiger partial charge < -0.3 is 4.57 Å². The van der Waals surface area contributed by atoms with E-state index in [1.165, 1.54) is 0 Å². The molecule has 1 aromatic carbocycles. The zero-order chi connectivity index (χ0) is 13.1. The molecule has 18 heavy (non-hydrogen) atoms. The maximum absolute atomic E-state index is 8.93. The van der Waals surface area contributed by atoms with Crippen LogP contribution in [0.3, 0.4) is 0 Å². The van der Waals surface area contributed by atoms with Crippen LogP contribution in [0.15, 0.2) is 18.2 Å². The highest BCUT2D eigenvalue weighted by Crippen LogP contribution is 2.21. The minimum Gasteiger partial charge on any atom is -0.327 e. The van der Waals surface area contributed by atoms with E-state index in [1.54, 1.807) is 11.8 Å². The smallest absolute Gasteiger partial charge is 0.119 e. The normalized spacial score (nSPS) is 11.1. The van der Waals surface area contributed by atoms with Crippen molar-refractivity contribution in [2.45, 2.75) is 26.1 Å². The number of thioether (sulfide) groups is 1. The molecule has 1 heterocycles. The summed E-state index contributed by atoms with van der Waals surface area (Å²) < 4.78 is 2.28. The summed E-state index contributed by atoms with van der Waals surface area (Å²) in [4.78, 5) is 4.66. The van der Waals surface area contributed by atoms with Gasteiger partial charge in [-0.25, -0.2) is 4.98 Å². The van der Waals surface area contributed by atoms with E-state index in [1.807, 2.05) is 18.2 Å². The summed E-state index contributed by atoms with van der Waals surface area (Å²) in [7, 11) is 0. The van der Waals surface area contributed by atoms with Crippen molar-refractivity contribution >= 4 is 22.8 Å². The summed E-state index contributed by atoms with van der Waals surface area (Å²) in [6.07, 6.45) is 2.08. The van der Waals surface area contributed by atoms with E-state index in [0.29, 0.717) is 11.5 Å². The van der Waals surface area contributed by atoms with E-state index in [9.17, 15) is 0 Å². The van der Waals surface area contributed by atoms with Crippen LogP contribution >= 0.6 is 11.8 Å². The van der Waals surface area contributed by atoms with Crippen molar-refractivity contribution in [1.29, 1.82) is 5.26 Å². The molecule has 1 aromatic heterocycles. The van der Waals surface area contributed by atoms with Crippen molar-refractivity contribution in [3.8, 4) is 6.07 Å². The number of aromatic nitrogens is 2. The molecule has 0 saturated carbocycles. The lowest BCUT2D eigenvalue weighted by Crippen LogP contribution is -2.07. The molecule has 0 aliphatic carbocycles. The molecule has 0 saturated heterocycles. The molecule has 0 amide bonds. The number of benzene rings is 1. The first-order valence-corrected chi connectivity index (χ1v) is 7.43. The lowest BCUT2D eigenvalue weighted by atomic mass is 10.2. The second-order valence-electron chi connectivity index (χ2n) is 4.78. The van der Waals surface area contributed by atoms with Crippen molar-refractivity contribution in [2.75, 3.05) is 6.26 Å². The van der Waals surface area contributed by atoms with Crippen LogP contribution in [0, 0.1) is 17.2 Å². The van der Waals surface area contributed by atoms with Crippen LogP contribution in [0.5, 0.6) is 0 Å². The molecule has 0 unspecified atom stereocenters. The molecular formula is C14H17N3S. The summed E-state index contributed by atoms with van der Waals surface area (Å²) in [5, 5.41) is 8.93. The van der Waals surface area contributed by atoms with E-state index in [2.05, 4.69) is 35.7 Å². The van der Waals surface area contributed by atoms with Gasteiger partial charge in [0.05, 0.1) is 28.4 Å². The van der Waals surface area contributed by atoms with Crippen LogP contribution in [0.4, 0.5) is 0 Å². The molecule has 94 valence electrons. The highest BCUT2D eigenvalue weighted by molar-refractivity contribution is 7.97. The second-order valence-corrected chi connectivity index (χ2v) is 5.65. The van der Waals surface area contributed by atoms with Gasteiger partial charge >= 0.3 is 0 Å². The molecule has 0 spiro atoms. The number of rotatable bonds is 4. The van der Waals surface area contributed by atoms with Crippen molar-refractivity contribution < 1.29 is 0 Å². The minimum absolute atomic E-state index is 0.582. The molecule has 0 fully saturated rings. The number of imidazole rings is 1. The third-order valence-corrected chi connectivity index (χ3v) is 3.32. The van der Waals surface area contributed by atoms with Crippen LogP contribution in [0.25, 0.3) is 11.0 Å². The average molecular weight is 259 g/mol. The Labute approximate surface area is 112 Å². The third-order valence-electron chi connectivity index (χ3n) is 2.78. The number of hydrogen-bond acceptors (Lipinski definition) is 3. The predicted octanol–water partition coefficient (Wildman–Crippen LogP) is 3.43. The highest BCUT2D eigenvalue weighted by Gasteiger charge is 2.11. The Morgan fingerprint density at radius 3 is 2.83 bits per heavy atom. The monoisotopic (exact) mass is 259 g/mol. The molecule has 0 aliphatic heterocycles. The molecule has 2 rings (SSSR count). The Balaban J connectivity index is 2.56.